The number of hydrogen-bond donors (Lipinski definition) is 3. The molecule has 0 fully saturated rings. The quantitative estimate of drug-likeness (QED) is 0.792. The molecule has 7 nitrogen and oxygen atoms in total. The number of carboxylic acid groups (broad SMARTS) is 1. The van der Waals surface area contributed by atoms with E-state index in [0.29, 0.717) is 5.56 Å². The first kappa shape index (κ1) is 14.4. The van der Waals surface area contributed by atoms with Crippen molar-refractivity contribution in [2.24, 2.45) is 0 Å². The molecule has 1 atom stereocenters. The van der Waals surface area contributed by atoms with E-state index in [1.165, 1.54) is 19.3 Å². The fourth-order valence-electron chi connectivity index (χ4n) is 1.74. The molecule has 0 saturated heterocycles. The van der Waals surface area contributed by atoms with Gasteiger partial charge in [-0.1, -0.05) is 30.3 Å². The van der Waals surface area contributed by atoms with Crippen molar-refractivity contribution in [1.82, 2.24) is 15.3 Å². The van der Waals surface area contributed by atoms with Crippen molar-refractivity contribution in [1.29, 1.82) is 0 Å². The summed E-state index contributed by atoms with van der Waals surface area (Å²) in [5.74, 6) is -1.08. The zero-order chi connectivity index (χ0) is 15.3. The average Bonchev–Trinajstić information content (AvgIpc) is 2.48. The van der Waals surface area contributed by atoms with Crippen LogP contribution >= 0.6 is 0 Å². The lowest BCUT2D eigenvalue weighted by atomic mass is 9.92. The Morgan fingerprint density at radius 3 is 2.29 bits per heavy atom. The third-order valence-corrected chi connectivity index (χ3v) is 2.93. The largest absolute Gasteiger partial charge is 0.479 e. The molecule has 0 saturated carbocycles. The van der Waals surface area contributed by atoms with Gasteiger partial charge in [-0.3, -0.25) is 5.32 Å². The van der Waals surface area contributed by atoms with Crippen LogP contribution in [-0.4, -0.2) is 27.1 Å². The number of carboxylic acids is 1. The second-order valence-corrected chi connectivity index (χ2v) is 4.45. The maximum absolute atomic E-state index is 11.9. The number of hydrogen-bond acceptors (Lipinski definition) is 4. The number of nitrogens with zero attached hydrogens (tertiary/aromatic N) is 2. The minimum Gasteiger partial charge on any atom is -0.479 e. The Bertz CT molecular complexity index is 633. The Balaban J connectivity index is 2.17. The SMILES string of the molecule is CC(NC(=O)Nc1ncccn1)(C(=O)O)c1ccccc1. The topological polar surface area (TPSA) is 104 Å². The molecule has 0 spiro atoms. The van der Waals surface area contributed by atoms with Gasteiger partial charge in [-0.05, 0) is 18.6 Å². The van der Waals surface area contributed by atoms with Gasteiger partial charge in [0.25, 0.3) is 0 Å². The summed E-state index contributed by atoms with van der Waals surface area (Å²) in [5.41, 5.74) is -1.10. The lowest BCUT2D eigenvalue weighted by Crippen LogP contribution is -2.51. The number of benzene rings is 1. The van der Waals surface area contributed by atoms with Gasteiger partial charge >= 0.3 is 12.0 Å². The van der Waals surface area contributed by atoms with Crippen LogP contribution in [-0.2, 0) is 10.3 Å². The van der Waals surface area contributed by atoms with E-state index in [-0.39, 0.29) is 5.95 Å². The summed E-state index contributed by atoms with van der Waals surface area (Å²) < 4.78 is 0. The third-order valence-electron chi connectivity index (χ3n) is 2.93. The number of urea groups is 1. The van der Waals surface area contributed by atoms with Crippen molar-refractivity contribution in [2.75, 3.05) is 5.32 Å². The van der Waals surface area contributed by atoms with Gasteiger partial charge in [0.15, 0.2) is 5.54 Å². The number of amides is 2. The Hall–Kier alpha value is -2.96. The maximum Gasteiger partial charge on any atom is 0.333 e. The highest BCUT2D eigenvalue weighted by atomic mass is 16.4. The van der Waals surface area contributed by atoms with E-state index < -0.39 is 17.5 Å². The second-order valence-electron chi connectivity index (χ2n) is 4.45. The molecule has 21 heavy (non-hydrogen) atoms. The summed E-state index contributed by atoms with van der Waals surface area (Å²) in [7, 11) is 0. The van der Waals surface area contributed by atoms with Crippen LogP contribution in [0.1, 0.15) is 12.5 Å². The highest BCUT2D eigenvalue weighted by molar-refractivity contribution is 5.93. The molecular weight excluding hydrogens is 272 g/mol. The predicted octanol–water partition coefficient (Wildman–Crippen LogP) is 1.60. The molecule has 1 aromatic carbocycles. The highest BCUT2D eigenvalue weighted by Crippen LogP contribution is 2.20. The van der Waals surface area contributed by atoms with E-state index in [1.807, 2.05) is 0 Å². The molecule has 1 heterocycles. The van der Waals surface area contributed by atoms with Gasteiger partial charge in [-0.25, -0.2) is 19.6 Å². The predicted molar refractivity (Wildman–Crippen MR) is 75.6 cm³/mol. The Morgan fingerprint density at radius 1 is 1.10 bits per heavy atom. The highest BCUT2D eigenvalue weighted by Gasteiger charge is 2.36. The lowest BCUT2D eigenvalue weighted by Gasteiger charge is -2.26. The first-order valence-electron chi connectivity index (χ1n) is 6.17. The lowest BCUT2D eigenvalue weighted by molar-refractivity contribution is -0.144. The van der Waals surface area contributed by atoms with E-state index >= 15 is 0 Å². The normalized spacial score (nSPS) is 13.0. The number of nitrogens with one attached hydrogen (secondary N) is 2. The van der Waals surface area contributed by atoms with Crippen molar-refractivity contribution in [3.63, 3.8) is 0 Å². The van der Waals surface area contributed by atoms with E-state index in [2.05, 4.69) is 20.6 Å². The molecule has 0 radical (unpaired) electrons. The van der Waals surface area contributed by atoms with Crippen LogP contribution in [0.5, 0.6) is 0 Å². The molecule has 0 aliphatic rings. The Kier molecular flexibility index (Phi) is 4.13. The Morgan fingerprint density at radius 2 is 1.71 bits per heavy atom. The van der Waals surface area contributed by atoms with Gasteiger partial charge in [0, 0.05) is 12.4 Å². The second kappa shape index (κ2) is 6.00. The molecule has 2 rings (SSSR count). The first-order chi connectivity index (χ1) is 10.0. The van der Waals surface area contributed by atoms with E-state index in [4.69, 9.17) is 0 Å². The minimum atomic E-state index is -1.56. The number of anilines is 1. The van der Waals surface area contributed by atoms with Crippen LogP contribution in [0.15, 0.2) is 48.8 Å². The molecule has 3 N–H and O–H groups in total. The Labute approximate surface area is 121 Å². The molecular formula is C14H14N4O3. The molecule has 7 heteroatoms. The van der Waals surface area contributed by atoms with Gasteiger partial charge in [0.05, 0.1) is 0 Å². The summed E-state index contributed by atoms with van der Waals surface area (Å²) in [5, 5.41) is 14.2. The first-order valence-corrected chi connectivity index (χ1v) is 6.17. The average molecular weight is 286 g/mol. The van der Waals surface area contributed by atoms with Crippen molar-refractivity contribution < 1.29 is 14.7 Å². The van der Waals surface area contributed by atoms with Gasteiger partial charge in [0.1, 0.15) is 0 Å². The van der Waals surface area contributed by atoms with Crippen molar-refractivity contribution >= 4 is 17.9 Å². The summed E-state index contributed by atoms with van der Waals surface area (Å²) >= 11 is 0. The molecule has 1 aromatic heterocycles. The molecule has 0 bridgehead atoms. The molecule has 2 amide bonds. The van der Waals surface area contributed by atoms with Crippen LogP contribution in [0, 0.1) is 0 Å². The summed E-state index contributed by atoms with van der Waals surface area (Å²) in [6.07, 6.45) is 2.94. The number of carbonyl (C=O) groups is 2. The van der Waals surface area contributed by atoms with Gasteiger partial charge in [-0.2, -0.15) is 0 Å². The van der Waals surface area contributed by atoms with Crippen LogP contribution < -0.4 is 10.6 Å². The van der Waals surface area contributed by atoms with Crippen molar-refractivity contribution in [3.8, 4) is 0 Å². The maximum atomic E-state index is 11.9. The third kappa shape index (κ3) is 3.33. The summed E-state index contributed by atoms with van der Waals surface area (Å²) in [6.45, 7) is 1.41. The van der Waals surface area contributed by atoms with Gasteiger partial charge < -0.3 is 10.4 Å². The zero-order valence-corrected chi connectivity index (χ0v) is 11.3. The monoisotopic (exact) mass is 286 g/mol. The summed E-state index contributed by atoms with van der Waals surface area (Å²) in [6, 6.07) is 9.35. The fourth-order valence-corrected chi connectivity index (χ4v) is 1.74. The van der Waals surface area contributed by atoms with Crippen molar-refractivity contribution in [3.05, 3.63) is 54.4 Å². The van der Waals surface area contributed by atoms with Gasteiger partial charge in [0.2, 0.25) is 5.95 Å². The zero-order valence-electron chi connectivity index (χ0n) is 11.3. The van der Waals surface area contributed by atoms with Crippen LogP contribution in [0.25, 0.3) is 0 Å². The number of aromatic nitrogens is 2. The van der Waals surface area contributed by atoms with Gasteiger partial charge in [-0.15, -0.1) is 0 Å². The number of aliphatic carboxylic acids is 1. The van der Waals surface area contributed by atoms with Crippen LogP contribution in [0.4, 0.5) is 10.7 Å². The fraction of sp³-hybridized carbons (Fsp3) is 0.143. The standard InChI is InChI=1S/C14H14N4O3/c1-14(11(19)20,10-6-3-2-4-7-10)18-13(21)17-12-15-8-5-9-16-12/h2-9H,1H3,(H,19,20)(H2,15,16,17,18,21). The number of carbonyl (C=O) groups excluding carboxylic acids is 1. The molecule has 2 aromatic rings. The van der Waals surface area contributed by atoms with Crippen molar-refractivity contribution in [2.45, 2.75) is 12.5 Å². The molecule has 0 aliphatic carbocycles. The van der Waals surface area contributed by atoms with E-state index in [0.717, 1.165) is 0 Å². The molecule has 1 unspecified atom stereocenters. The van der Waals surface area contributed by atoms with Crippen LogP contribution in [0.3, 0.4) is 0 Å². The van der Waals surface area contributed by atoms with E-state index in [9.17, 15) is 14.7 Å². The molecule has 108 valence electrons. The number of rotatable bonds is 4. The van der Waals surface area contributed by atoms with Crippen LogP contribution in [0.2, 0.25) is 0 Å². The van der Waals surface area contributed by atoms with E-state index in [1.54, 1.807) is 36.4 Å². The summed E-state index contributed by atoms with van der Waals surface area (Å²) in [4.78, 5) is 31.1. The minimum absolute atomic E-state index is 0.0933. The smallest absolute Gasteiger partial charge is 0.333 e. The molecule has 0 aliphatic heterocycles.